The quantitative estimate of drug-likeness (QED) is 0.203. The van der Waals surface area contributed by atoms with Gasteiger partial charge in [-0.2, -0.15) is 0 Å². The SMILES string of the molecule is CC(C)(C)c1ccc(OPOCC(CO)(CO)CO)c(C2C(=O)Oc3ccc(C(C)(C)C)cc32)c1. The van der Waals surface area contributed by atoms with Crippen LogP contribution in [0.4, 0.5) is 0 Å². The summed E-state index contributed by atoms with van der Waals surface area (Å²) in [6.45, 7) is 11.4. The third-order valence-corrected chi connectivity index (χ3v) is 6.98. The molecule has 3 N–H and O–H groups in total. The average molecular weight is 505 g/mol. The highest BCUT2D eigenvalue weighted by Gasteiger charge is 2.38. The van der Waals surface area contributed by atoms with Crippen LogP contribution in [0.1, 0.15) is 69.7 Å². The maximum absolute atomic E-state index is 13.1. The van der Waals surface area contributed by atoms with E-state index in [1.54, 1.807) is 0 Å². The first kappa shape index (κ1) is 27.6. The van der Waals surface area contributed by atoms with Crippen molar-refractivity contribution in [2.75, 3.05) is 26.4 Å². The van der Waals surface area contributed by atoms with Crippen molar-refractivity contribution in [2.24, 2.45) is 5.41 Å². The summed E-state index contributed by atoms with van der Waals surface area (Å²) in [5, 5.41) is 28.5. The lowest BCUT2D eigenvalue weighted by Crippen LogP contribution is -2.38. The maximum atomic E-state index is 13.1. The van der Waals surface area contributed by atoms with Gasteiger partial charge in [0, 0.05) is 11.1 Å². The summed E-state index contributed by atoms with van der Waals surface area (Å²) in [4.78, 5) is 13.1. The van der Waals surface area contributed by atoms with Gasteiger partial charge in [-0.1, -0.05) is 65.8 Å². The van der Waals surface area contributed by atoms with E-state index in [9.17, 15) is 20.1 Å². The van der Waals surface area contributed by atoms with Gasteiger partial charge in [0.2, 0.25) is 9.03 Å². The van der Waals surface area contributed by atoms with Crippen molar-refractivity contribution >= 4 is 15.0 Å². The van der Waals surface area contributed by atoms with Gasteiger partial charge in [0.05, 0.1) is 31.8 Å². The topological polar surface area (TPSA) is 105 Å². The molecular weight excluding hydrogens is 467 g/mol. The highest BCUT2D eigenvalue weighted by atomic mass is 31.1. The Kier molecular flexibility index (Phi) is 8.30. The summed E-state index contributed by atoms with van der Waals surface area (Å²) in [6.07, 6.45) is 0. The van der Waals surface area contributed by atoms with Crippen LogP contribution < -0.4 is 9.26 Å². The van der Waals surface area contributed by atoms with Gasteiger partial charge in [0.1, 0.15) is 17.4 Å². The second-order valence-electron chi connectivity index (χ2n) is 11.3. The van der Waals surface area contributed by atoms with Crippen molar-refractivity contribution in [3.05, 3.63) is 58.7 Å². The van der Waals surface area contributed by atoms with Crippen LogP contribution in [-0.4, -0.2) is 47.7 Å². The minimum Gasteiger partial charge on any atom is -0.449 e. The molecule has 0 fully saturated rings. The van der Waals surface area contributed by atoms with E-state index in [0.29, 0.717) is 17.1 Å². The summed E-state index contributed by atoms with van der Waals surface area (Å²) in [5.74, 6) is 0.0548. The van der Waals surface area contributed by atoms with Gasteiger partial charge in [0.25, 0.3) is 0 Å². The van der Waals surface area contributed by atoms with Crippen molar-refractivity contribution in [2.45, 2.75) is 58.3 Å². The van der Waals surface area contributed by atoms with Crippen molar-refractivity contribution in [1.29, 1.82) is 0 Å². The second kappa shape index (κ2) is 10.5. The van der Waals surface area contributed by atoms with Crippen LogP contribution >= 0.6 is 9.03 Å². The molecule has 0 spiro atoms. The molecule has 0 radical (unpaired) electrons. The summed E-state index contributed by atoms with van der Waals surface area (Å²) >= 11 is 0. The summed E-state index contributed by atoms with van der Waals surface area (Å²) < 4.78 is 17.1. The molecule has 2 atom stereocenters. The molecule has 2 unspecified atom stereocenters. The molecule has 3 rings (SSSR count). The third kappa shape index (κ3) is 6.04. The van der Waals surface area contributed by atoms with E-state index >= 15 is 0 Å². The number of aliphatic hydroxyl groups is 3. The van der Waals surface area contributed by atoms with Crippen LogP contribution in [0.25, 0.3) is 0 Å². The number of aliphatic hydroxyl groups excluding tert-OH is 3. The predicted octanol–water partition coefficient (Wildman–Crippen LogP) is 4.20. The van der Waals surface area contributed by atoms with Gasteiger partial charge in [-0.3, -0.25) is 4.79 Å². The molecule has 0 aliphatic carbocycles. The van der Waals surface area contributed by atoms with Crippen molar-refractivity contribution in [1.82, 2.24) is 0 Å². The van der Waals surface area contributed by atoms with E-state index < -0.39 is 40.2 Å². The Morgan fingerprint density at radius 3 is 1.94 bits per heavy atom. The van der Waals surface area contributed by atoms with Gasteiger partial charge in [-0.25, -0.2) is 0 Å². The van der Waals surface area contributed by atoms with Crippen LogP contribution in [0.3, 0.4) is 0 Å². The molecule has 1 aliphatic heterocycles. The molecule has 0 amide bonds. The van der Waals surface area contributed by atoms with Gasteiger partial charge in [-0.05, 0) is 34.1 Å². The Labute approximate surface area is 209 Å². The van der Waals surface area contributed by atoms with Crippen LogP contribution in [0.2, 0.25) is 0 Å². The predicted molar refractivity (Wildman–Crippen MR) is 136 cm³/mol. The average Bonchev–Trinajstić information content (AvgIpc) is 3.13. The van der Waals surface area contributed by atoms with Gasteiger partial charge >= 0.3 is 5.97 Å². The Hall–Kier alpha value is -2.02. The number of esters is 1. The Morgan fingerprint density at radius 2 is 1.40 bits per heavy atom. The van der Waals surface area contributed by atoms with Crippen molar-refractivity contribution in [3.8, 4) is 11.5 Å². The van der Waals surface area contributed by atoms with E-state index in [2.05, 4.69) is 41.5 Å². The number of carbonyl (C=O) groups is 1. The molecule has 1 heterocycles. The minimum atomic E-state index is -1.15. The fraction of sp³-hybridized carbons (Fsp3) is 0.519. The van der Waals surface area contributed by atoms with E-state index in [1.165, 1.54) is 0 Å². The van der Waals surface area contributed by atoms with Crippen LogP contribution in [0, 0.1) is 5.41 Å². The second-order valence-corrected chi connectivity index (χ2v) is 12.0. The smallest absolute Gasteiger partial charge is 0.323 e. The highest BCUT2D eigenvalue weighted by molar-refractivity contribution is 7.26. The minimum absolute atomic E-state index is 0.0758. The normalized spacial score (nSPS) is 16.6. The number of ether oxygens (including phenoxy) is 1. The van der Waals surface area contributed by atoms with Crippen LogP contribution in [-0.2, 0) is 20.1 Å². The van der Waals surface area contributed by atoms with Crippen molar-refractivity contribution < 1.29 is 33.9 Å². The lowest BCUT2D eigenvalue weighted by Gasteiger charge is -2.27. The number of rotatable bonds is 9. The van der Waals surface area contributed by atoms with E-state index in [1.807, 2.05) is 36.4 Å². The lowest BCUT2D eigenvalue weighted by atomic mass is 9.81. The number of hydrogen-bond acceptors (Lipinski definition) is 7. The molecule has 8 heteroatoms. The van der Waals surface area contributed by atoms with Gasteiger partial charge < -0.3 is 29.1 Å². The molecule has 0 saturated heterocycles. The molecule has 2 aromatic carbocycles. The Balaban J connectivity index is 1.96. The Bertz CT molecular complexity index is 1040. The molecule has 0 saturated carbocycles. The molecule has 192 valence electrons. The zero-order valence-corrected chi connectivity index (χ0v) is 22.3. The zero-order chi connectivity index (χ0) is 26.0. The molecule has 0 aromatic heterocycles. The first-order chi connectivity index (χ1) is 16.3. The number of hydrogen-bond donors (Lipinski definition) is 3. The largest absolute Gasteiger partial charge is 0.449 e. The first-order valence-corrected chi connectivity index (χ1v) is 12.5. The van der Waals surface area contributed by atoms with Crippen LogP contribution in [0.5, 0.6) is 11.5 Å². The fourth-order valence-corrected chi connectivity index (χ4v) is 4.50. The standard InChI is InChI=1S/C27H37O7P/c1-25(2,3)17-7-9-21-19(11-17)23(24(31)33-21)20-12-18(26(4,5)6)8-10-22(20)34-35-32-16-27(13-28,14-29)15-30/h7-12,23,28-30,35H,13-16H2,1-6H3. The molecular formula is C27H37O7P. The molecule has 35 heavy (non-hydrogen) atoms. The molecule has 1 aliphatic rings. The first-order valence-electron chi connectivity index (χ1n) is 11.7. The van der Waals surface area contributed by atoms with Crippen molar-refractivity contribution in [3.63, 3.8) is 0 Å². The molecule has 7 nitrogen and oxygen atoms in total. The highest BCUT2D eigenvalue weighted by Crippen LogP contribution is 2.46. The van der Waals surface area contributed by atoms with E-state index in [-0.39, 0.29) is 23.4 Å². The Morgan fingerprint density at radius 1 is 0.857 bits per heavy atom. The zero-order valence-electron chi connectivity index (χ0n) is 21.3. The summed E-state index contributed by atoms with van der Waals surface area (Å²) in [7, 11) is -0.464. The van der Waals surface area contributed by atoms with Gasteiger partial charge in [0.15, 0.2) is 0 Å². The monoisotopic (exact) mass is 504 g/mol. The maximum Gasteiger partial charge on any atom is 0.323 e. The lowest BCUT2D eigenvalue weighted by molar-refractivity contribution is -0.133. The van der Waals surface area contributed by atoms with Gasteiger partial charge in [-0.15, -0.1) is 0 Å². The van der Waals surface area contributed by atoms with E-state index in [4.69, 9.17) is 13.8 Å². The number of carbonyl (C=O) groups excluding carboxylic acids is 1. The third-order valence-electron chi connectivity index (χ3n) is 6.42. The molecule has 0 bridgehead atoms. The van der Waals surface area contributed by atoms with E-state index in [0.717, 1.165) is 16.7 Å². The summed E-state index contributed by atoms with van der Waals surface area (Å²) in [5.41, 5.74) is 2.28. The number of benzene rings is 2. The summed E-state index contributed by atoms with van der Waals surface area (Å²) in [6, 6.07) is 11.7. The number of fused-ring (bicyclic) bond motifs is 1. The fourth-order valence-electron chi connectivity index (χ4n) is 3.80. The van der Waals surface area contributed by atoms with Crippen LogP contribution in [0.15, 0.2) is 36.4 Å². The molecule has 2 aromatic rings.